The molecule has 0 aliphatic carbocycles. The lowest BCUT2D eigenvalue weighted by atomic mass is 9.15. The molecule has 0 atom stereocenters. The van der Waals surface area contributed by atoms with Gasteiger partial charge in [0.05, 0.1) is 11.1 Å². The third-order valence-corrected chi connectivity index (χ3v) is 8.66. The van der Waals surface area contributed by atoms with E-state index in [-0.39, 0.29) is 0 Å². The third kappa shape index (κ3) is 6.96. The van der Waals surface area contributed by atoms with Gasteiger partial charge in [0.25, 0.3) is 0 Å². The first-order valence-corrected chi connectivity index (χ1v) is 15.2. The van der Waals surface area contributed by atoms with Gasteiger partial charge in [-0.05, 0) is 46.2 Å². The summed E-state index contributed by atoms with van der Waals surface area (Å²) in [5.74, 6) is -43.0. The normalized spacial score (nSPS) is 15.1. The largest absolute Gasteiger partial charge is 0.337 e. The quantitative estimate of drug-likeness (QED) is 0.0755. The summed E-state index contributed by atoms with van der Waals surface area (Å²) in [5, 5.41) is 2.52. The van der Waals surface area contributed by atoms with E-state index in [4.69, 9.17) is 0 Å². The minimum absolute atomic E-state index is 0.458. The zero-order chi connectivity index (χ0) is 39.2. The number of nitrogens with two attached hydrogens (primary N) is 1. The van der Waals surface area contributed by atoms with Gasteiger partial charge in [0.2, 0.25) is 0 Å². The van der Waals surface area contributed by atoms with Crippen molar-refractivity contribution in [2.45, 2.75) is 58.0 Å². The van der Waals surface area contributed by atoms with Crippen LogP contribution < -0.4 is 21.7 Å². The van der Waals surface area contributed by atoms with Crippen LogP contribution in [0, 0.1) is 99.0 Å². The van der Waals surface area contributed by atoms with Crippen LogP contribution >= 0.6 is 0 Å². The lowest BCUT2D eigenvalue weighted by Gasteiger charge is -2.39. The highest BCUT2D eigenvalue weighted by Gasteiger charge is 2.47. The molecular formula is C35H25BF15N. The van der Waals surface area contributed by atoms with E-state index in [0.717, 1.165) is 24.3 Å². The van der Waals surface area contributed by atoms with E-state index in [1.54, 1.807) is 5.92 Å². The van der Waals surface area contributed by atoms with Crippen LogP contribution in [0.1, 0.15) is 52.5 Å². The number of piperidine rings is 1. The molecule has 0 bridgehead atoms. The summed E-state index contributed by atoms with van der Waals surface area (Å²) in [6.07, 6.45) is -1.76. The molecule has 0 unspecified atom stereocenters. The third-order valence-electron chi connectivity index (χ3n) is 8.66. The van der Waals surface area contributed by atoms with Crippen molar-refractivity contribution in [3.8, 4) is 11.7 Å². The zero-order valence-electron chi connectivity index (χ0n) is 27.3. The molecule has 52 heavy (non-hydrogen) atoms. The predicted molar refractivity (Wildman–Crippen MR) is 161 cm³/mol. The molecule has 0 amide bonds. The summed E-state index contributed by atoms with van der Waals surface area (Å²) in [5.41, 5.74) is -7.81. The molecule has 1 heterocycles. The maximum atomic E-state index is 15.3. The highest BCUT2D eigenvalue weighted by atomic mass is 19.2. The molecule has 2 N–H and O–H groups in total. The number of rotatable bonds is 3. The summed E-state index contributed by atoms with van der Waals surface area (Å²) in [6, 6.07) is 5.51. The number of benzene rings is 4. The molecule has 1 aliphatic heterocycles. The molecule has 4 aromatic carbocycles. The Hall–Kier alpha value is -4.59. The molecule has 1 saturated heterocycles. The Morgan fingerprint density at radius 1 is 0.442 bits per heavy atom. The summed E-state index contributed by atoms with van der Waals surface area (Å²) in [4.78, 5) is 0. The van der Waals surface area contributed by atoms with Crippen LogP contribution in [0.5, 0.6) is 0 Å². The number of quaternary nitrogens is 1. The predicted octanol–water partition coefficient (Wildman–Crippen LogP) is 7.13. The average Bonchev–Trinajstić information content (AvgIpc) is 3.08. The topological polar surface area (TPSA) is 16.6 Å². The molecule has 5 rings (SSSR count). The Bertz CT molecular complexity index is 1850. The van der Waals surface area contributed by atoms with Gasteiger partial charge >= 0.3 is 0 Å². The lowest BCUT2D eigenvalue weighted by Crippen LogP contribution is -3.04. The zero-order valence-corrected chi connectivity index (χ0v) is 27.3. The minimum atomic E-state index is -5.90. The summed E-state index contributed by atoms with van der Waals surface area (Å²) in [7, 11) is 0. The summed E-state index contributed by atoms with van der Waals surface area (Å²) >= 11 is 0. The molecule has 0 spiro atoms. The second-order valence-corrected chi connectivity index (χ2v) is 13.4. The number of hydrogen-bond acceptors (Lipinski definition) is 0. The Kier molecular flexibility index (Phi) is 11.2. The molecule has 17 heteroatoms. The molecule has 0 saturated carbocycles. The van der Waals surface area contributed by atoms with Crippen LogP contribution in [0.4, 0.5) is 65.9 Å². The van der Waals surface area contributed by atoms with Gasteiger partial charge in [0.1, 0.15) is 34.9 Å². The molecule has 1 aliphatic rings. The van der Waals surface area contributed by atoms with E-state index in [0.29, 0.717) is 11.1 Å². The molecule has 278 valence electrons. The molecule has 1 fully saturated rings. The molecule has 1 nitrogen and oxygen atoms in total. The van der Waals surface area contributed by atoms with Crippen LogP contribution in [-0.4, -0.2) is 17.2 Å². The summed E-state index contributed by atoms with van der Waals surface area (Å²) < 4.78 is 220. The fraction of sp³-hybridized carbons (Fsp3) is 0.257. The monoisotopic (exact) mass is 755 g/mol. The Labute approximate surface area is 286 Å². The van der Waals surface area contributed by atoms with Crippen molar-refractivity contribution >= 4 is 22.5 Å². The lowest BCUT2D eigenvalue weighted by molar-refractivity contribution is -0.787. The fourth-order valence-corrected chi connectivity index (χ4v) is 6.57. The van der Waals surface area contributed by atoms with Crippen molar-refractivity contribution in [1.82, 2.24) is 0 Å². The van der Waals surface area contributed by atoms with Gasteiger partial charge in [0, 0.05) is 18.4 Å². The van der Waals surface area contributed by atoms with Crippen LogP contribution in [0.15, 0.2) is 30.3 Å². The van der Waals surface area contributed by atoms with Crippen LogP contribution in [0.25, 0.3) is 0 Å². The Morgan fingerprint density at radius 2 is 0.712 bits per heavy atom. The second-order valence-electron chi connectivity index (χ2n) is 13.4. The van der Waals surface area contributed by atoms with Crippen molar-refractivity contribution in [3.63, 3.8) is 0 Å². The van der Waals surface area contributed by atoms with Gasteiger partial charge in [0.15, 0.2) is 58.5 Å². The van der Waals surface area contributed by atoms with Crippen molar-refractivity contribution < 1.29 is 71.2 Å². The maximum Gasteiger partial charge on any atom is 0.200 e. The standard InChI is InChI=1S/C26H5BF15.C9H19N/c28-12-9(13(29)19(35)24(40)18(12)34)27(7-6-8-4-2-1-3-5-8,10-14(30)20(36)25(41)21(37)15(10)31)11-16(32)22(38)26(42)23(39)17(11)33;1-8(2)6-5-7-9(3,4)10-8/h1-5H;10H,5-7H2,1-4H3/q-1;/p+1. The average molecular weight is 755 g/mol. The van der Waals surface area contributed by atoms with E-state index in [1.165, 1.54) is 31.1 Å². The van der Waals surface area contributed by atoms with E-state index in [1.807, 2.05) is 0 Å². The first-order valence-electron chi connectivity index (χ1n) is 15.2. The Morgan fingerprint density at radius 3 is 0.962 bits per heavy atom. The highest BCUT2D eigenvalue weighted by Crippen LogP contribution is 2.28. The minimum Gasteiger partial charge on any atom is -0.337 e. The Balaban J connectivity index is 0.000000521. The molecule has 4 aromatic rings. The first-order chi connectivity index (χ1) is 24.0. The van der Waals surface area contributed by atoms with Gasteiger partial charge in [-0.1, -0.05) is 18.2 Å². The van der Waals surface area contributed by atoms with E-state index in [9.17, 15) is 39.5 Å². The molecular weight excluding hydrogens is 730 g/mol. The first kappa shape index (κ1) is 40.2. The smallest absolute Gasteiger partial charge is 0.200 e. The van der Waals surface area contributed by atoms with Crippen molar-refractivity contribution in [2.24, 2.45) is 0 Å². The number of hydrogen-bond donors (Lipinski definition) is 1. The van der Waals surface area contributed by atoms with Gasteiger partial charge in [-0.2, -0.15) is 0 Å². The van der Waals surface area contributed by atoms with Gasteiger partial charge < -0.3 is 5.32 Å². The van der Waals surface area contributed by atoms with Crippen LogP contribution in [0.2, 0.25) is 0 Å². The van der Waals surface area contributed by atoms with Crippen molar-refractivity contribution in [3.05, 3.63) is 123 Å². The van der Waals surface area contributed by atoms with Crippen LogP contribution in [-0.2, 0) is 0 Å². The molecule has 0 aromatic heterocycles. The molecule has 0 radical (unpaired) electrons. The van der Waals surface area contributed by atoms with Crippen molar-refractivity contribution in [2.75, 3.05) is 0 Å². The van der Waals surface area contributed by atoms with Crippen molar-refractivity contribution in [1.29, 1.82) is 0 Å². The maximum absolute atomic E-state index is 15.3. The second kappa shape index (κ2) is 14.4. The SMILES string of the molecule is CC1(C)CCCC(C)(C)[NH2+]1.Fc1c(F)c(F)c([B-](C#Cc2ccccc2)(c2c(F)c(F)c(F)c(F)c2F)c2c(F)c(F)c(F)c(F)c2F)c(F)c1F. The number of halogens is 15. The highest BCUT2D eigenvalue weighted by molar-refractivity contribution is 7.17. The van der Waals surface area contributed by atoms with Crippen LogP contribution in [0.3, 0.4) is 0 Å². The van der Waals surface area contributed by atoms with E-state index >= 15 is 26.3 Å². The fourth-order valence-electron chi connectivity index (χ4n) is 6.57. The van der Waals surface area contributed by atoms with Gasteiger partial charge in [-0.25, -0.2) is 65.9 Å². The van der Waals surface area contributed by atoms with Gasteiger partial charge in [-0.3, -0.25) is 5.82 Å². The van der Waals surface area contributed by atoms with E-state index in [2.05, 4.69) is 33.0 Å². The van der Waals surface area contributed by atoms with E-state index < -0.39 is 115 Å². The summed E-state index contributed by atoms with van der Waals surface area (Å²) in [6.45, 7) is 9.36. The van der Waals surface area contributed by atoms with Gasteiger partial charge in [-0.15, -0.1) is 22.3 Å².